The number of nitrogens with zero attached hydrogens (tertiary/aromatic N) is 2. The number of halogens is 1. The van der Waals surface area contributed by atoms with Gasteiger partial charge in [-0.3, -0.25) is 0 Å². The van der Waals surface area contributed by atoms with Crippen LogP contribution in [0.5, 0.6) is 0 Å². The normalized spacial score (nSPS) is 10.8. The maximum absolute atomic E-state index is 13.0. The zero-order chi connectivity index (χ0) is 11.0. The molecule has 0 radical (unpaired) electrons. The van der Waals surface area contributed by atoms with E-state index in [0.717, 1.165) is 16.6 Å². The quantitative estimate of drug-likeness (QED) is 0.605. The molecule has 3 aromatic rings. The summed E-state index contributed by atoms with van der Waals surface area (Å²) < 4.78 is 14.8. The minimum atomic E-state index is -0.236. The minimum Gasteiger partial charge on any atom is -0.233 e. The lowest BCUT2D eigenvalue weighted by Gasteiger charge is -2.02. The summed E-state index contributed by atoms with van der Waals surface area (Å²) in [6, 6.07) is 14.5. The van der Waals surface area contributed by atoms with Gasteiger partial charge >= 0.3 is 0 Å². The summed E-state index contributed by atoms with van der Waals surface area (Å²) >= 11 is 0. The van der Waals surface area contributed by atoms with Gasteiger partial charge in [0.2, 0.25) is 0 Å². The minimum absolute atomic E-state index is 0.236. The molecule has 0 aliphatic carbocycles. The molecule has 78 valence electrons. The molecule has 0 aliphatic rings. The van der Waals surface area contributed by atoms with Gasteiger partial charge in [-0.25, -0.2) is 9.07 Å². The van der Waals surface area contributed by atoms with E-state index in [0.29, 0.717) is 0 Å². The number of hydrogen-bond donors (Lipinski definition) is 0. The molecule has 0 fully saturated rings. The molecule has 0 N–H and O–H groups in total. The van der Waals surface area contributed by atoms with E-state index in [4.69, 9.17) is 0 Å². The molecule has 0 aliphatic heterocycles. The number of para-hydroxylation sites is 1. The second kappa shape index (κ2) is 3.45. The summed E-state index contributed by atoms with van der Waals surface area (Å²) in [4.78, 5) is 0. The Labute approximate surface area is 91.9 Å². The first-order valence-corrected chi connectivity index (χ1v) is 5.03. The molecule has 16 heavy (non-hydrogen) atoms. The first-order chi connectivity index (χ1) is 7.84. The molecule has 0 unspecified atom stereocenters. The molecule has 2 aromatic carbocycles. The molecule has 1 aromatic heterocycles. The highest BCUT2D eigenvalue weighted by Crippen LogP contribution is 2.18. The number of fused-ring (bicyclic) bond motifs is 1. The fourth-order valence-corrected chi connectivity index (χ4v) is 1.78. The molecule has 0 amide bonds. The molecule has 3 rings (SSSR count). The zero-order valence-corrected chi connectivity index (χ0v) is 8.47. The third-order valence-electron chi connectivity index (χ3n) is 2.53. The average molecular weight is 212 g/mol. The van der Waals surface area contributed by atoms with Gasteiger partial charge in [-0.05, 0) is 30.3 Å². The second-order valence-electron chi connectivity index (χ2n) is 3.60. The van der Waals surface area contributed by atoms with Crippen molar-refractivity contribution in [3.05, 3.63) is 60.5 Å². The van der Waals surface area contributed by atoms with Crippen LogP contribution >= 0.6 is 0 Å². The largest absolute Gasteiger partial charge is 0.233 e. The Morgan fingerprint density at radius 2 is 1.81 bits per heavy atom. The summed E-state index contributed by atoms with van der Waals surface area (Å²) in [6.07, 6.45) is 1.67. The number of benzene rings is 2. The summed E-state index contributed by atoms with van der Waals surface area (Å²) in [5.41, 5.74) is 1.89. The van der Waals surface area contributed by atoms with E-state index in [1.807, 2.05) is 30.3 Å². The molecule has 0 saturated heterocycles. The predicted octanol–water partition coefficient (Wildman–Crippen LogP) is 3.16. The van der Waals surface area contributed by atoms with Gasteiger partial charge in [-0.2, -0.15) is 5.10 Å². The van der Waals surface area contributed by atoms with Gasteiger partial charge in [-0.15, -0.1) is 0 Å². The summed E-state index contributed by atoms with van der Waals surface area (Å²) in [7, 11) is 0. The third-order valence-corrected chi connectivity index (χ3v) is 2.53. The van der Waals surface area contributed by atoms with Gasteiger partial charge in [0.1, 0.15) is 5.82 Å². The van der Waals surface area contributed by atoms with Gasteiger partial charge in [-0.1, -0.05) is 18.2 Å². The highest BCUT2D eigenvalue weighted by molar-refractivity contribution is 5.80. The zero-order valence-electron chi connectivity index (χ0n) is 8.47. The van der Waals surface area contributed by atoms with E-state index < -0.39 is 0 Å². The Morgan fingerprint density at radius 1 is 1.00 bits per heavy atom. The van der Waals surface area contributed by atoms with Crippen molar-refractivity contribution in [3.8, 4) is 5.69 Å². The van der Waals surface area contributed by atoms with Gasteiger partial charge in [0.15, 0.2) is 0 Å². The van der Waals surface area contributed by atoms with E-state index in [2.05, 4.69) is 5.10 Å². The molecule has 0 spiro atoms. The SMILES string of the molecule is Fc1ccc2c(cnn2-c2ccccc2)c1. The predicted molar refractivity (Wildman–Crippen MR) is 61.0 cm³/mol. The highest BCUT2D eigenvalue weighted by atomic mass is 19.1. The van der Waals surface area contributed by atoms with Crippen molar-refractivity contribution in [2.45, 2.75) is 0 Å². The van der Waals surface area contributed by atoms with Crippen molar-refractivity contribution >= 4 is 10.9 Å². The Hall–Kier alpha value is -2.16. The summed E-state index contributed by atoms with van der Waals surface area (Å²) in [5, 5.41) is 5.07. The first kappa shape index (κ1) is 9.09. The van der Waals surface area contributed by atoms with Crippen molar-refractivity contribution in [2.24, 2.45) is 0 Å². The van der Waals surface area contributed by atoms with Crippen LogP contribution in [0, 0.1) is 5.82 Å². The van der Waals surface area contributed by atoms with Crippen LogP contribution in [0.4, 0.5) is 4.39 Å². The van der Waals surface area contributed by atoms with Crippen molar-refractivity contribution in [1.29, 1.82) is 0 Å². The van der Waals surface area contributed by atoms with Crippen LogP contribution in [0.15, 0.2) is 54.7 Å². The van der Waals surface area contributed by atoms with Crippen LogP contribution in [-0.2, 0) is 0 Å². The number of rotatable bonds is 1. The van der Waals surface area contributed by atoms with Gasteiger partial charge in [0.25, 0.3) is 0 Å². The summed E-state index contributed by atoms with van der Waals surface area (Å²) in [5.74, 6) is -0.236. The van der Waals surface area contributed by atoms with Crippen LogP contribution in [0.1, 0.15) is 0 Å². The molecule has 3 heteroatoms. The van der Waals surface area contributed by atoms with Gasteiger partial charge < -0.3 is 0 Å². The molecule has 0 bridgehead atoms. The number of aromatic nitrogens is 2. The Balaban J connectivity index is 2.26. The van der Waals surface area contributed by atoms with E-state index in [1.54, 1.807) is 16.9 Å². The standard InChI is InChI=1S/C13H9FN2/c14-11-6-7-13-10(8-11)9-15-16(13)12-4-2-1-3-5-12/h1-9H. The lowest BCUT2D eigenvalue weighted by atomic mass is 10.2. The Kier molecular flexibility index (Phi) is 1.96. The van der Waals surface area contributed by atoms with Gasteiger partial charge in [0, 0.05) is 5.39 Å². The Morgan fingerprint density at radius 3 is 2.62 bits per heavy atom. The maximum Gasteiger partial charge on any atom is 0.124 e. The number of hydrogen-bond acceptors (Lipinski definition) is 1. The smallest absolute Gasteiger partial charge is 0.124 e. The van der Waals surface area contributed by atoms with Crippen molar-refractivity contribution < 1.29 is 4.39 Å². The van der Waals surface area contributed by atoms with Crippen LogP contribution in [0.25, 0.3) is 16.6 Å². The molecule has 0 saturated carbocycles. The maximum atomic E-state index is 13.0. The van der Waals surface area contributed by atoms with Crippen LogP contribution in [0.2, 0.25) is 0 Å². The first-order valence-electron chi connectivity index (χ1n) is 5.03. The monoisotopic (exact) mass is 212 g/mol. The molecular weight excluding hydrogens is 203 g/mol. The third kappa shape index (κ3) is 1.37. The summed E-state index contributed by atoms with van der Waals surface area (Å²) in [6.45, 7) is 0. The van der Waals surface area contributed by atoms with Crippen LogP contribution in [0.3, 0.4) is 0 Å². The second-order valence-corrected chi connectivity index (χ2v) is 3.60. The molecular formula is C13H9FN2. The lowest BCUT2D eigenvalue weighted by Crippen LogP contribution is -1.94. The average Bonchev–Trinajstić information content (AvgIpc) is 2.73. The van der Waals surface area contributed by atoms with Crippen LogP contribution in [-0.4, -0.2) is 9.78 Å². The fourth-order valence-electron chi connectivity index (χ4n) is 1.78. The van der Waals surface area contributed by atoms with Gasteiger partial charge in [0.05, 0.1) is 17.4 Å². The van der Waals surface area contributed by atoms with E-state index in [1.165, 1.54) is 12.1 Å². The van der Waals surface area contributed by atoms with Crippen LogP contribution < -0.4 is 0 Å². The lowest BCUT2D eigenvalue weighted by molar-refractivity contribution is 0.629. The highest BCUT2D eigenvalue weighted by Gasteiger charge is 2.04. The van der Waals surface area contributed by atoms with Crippen molar-refractivity contribution in [3.63, 3.8) is 0 Å². The van der Waals surface area contributed by atoms with E-state index in [9.17, 15) is 4.39 Å². The molecule has 2 nitrogen and oxygen atoms in total. The fraction of sp³-hybridized carbons (Fsp3) is 0. The van der Waals surface area contributed by atoms with Crippen molar-refractivity contribution in [1.82, 2.24) is 9.78 Å². The van der Waals surface area contributed by atoms with E-state index >= 15 is 0 Å². The topological polar surface area (TPSA) is 17.8 Å². The van der Waals surface area contributed by atoms with Crippen molar-refractivity contribution in [2.75, 3.05) is 0 Å². The molecule has 0 atom stereocenters. The molecule has 1 heterocycles. The Bertz CT molecular complexity index is 629. The van der Waals surface area contributed by atoms with E-state index in [-0.39, 0.29) is 5.82 Å².